The van der Waals surface area contributed by atoms with E-state index in [2.05, 4.69) is 5.32 Å². The normalized spacial score (nSPS) is 21.4. The van der Waals surface area contributed by atoms with Crippen molar-refractivity contribution >= 4 is 21.2 Å². The summed E-state index contributed by atoms with van der Waals surface area (Å²) in [5.41, 5.74) is 7.20. The van der Waals surface area contributed by atoms with Crippen molar-refractivity contribution in [1.82, 2.24) is 0 Å². The number of nitrogens with one attached hydrogen (secondary N) is 1. The van der Waals surface area contributed by atoms with Gasteiger partial charge < -0.3 is 11.1 Å². The van der Waals surface area contributed by atoms with Crippen molar-refractivity contribution in [2.45, 2.75) is 18.1 Å². The third kappa shape index (κ3) is 2.41. The van der Waals surface area contributed by atoms with Gasteiger partial charge in [0.25, 0.3) is 0 Å². The summed E-state index contributed by atoms with van der Waals surface area (Å²) in [4.78, 5) is 0. The number of anilines is 2. The minimum atomic E-state index is -2.95. The van der Waals surface area contributed by atoms with E-state index in [9.17, 15) is 8.42 Å². The monoisotopic (exact) mass is 265 g/mol. The van der Waals surface area contributed by atoms with Gasteiger partial charge in [-0.1, -0.05) is 6.07 Å². The van der Waals surface area contributed by atoms with Crippen molar-refractivity contribution in [2.75, 3.05) is 23.3 Å². The first kappa shape index (κ1) is 12.7. The van der Waals surface area contributed by atoms with Crippen molar-refractivity contribution in [3.05, 3.63) is 23.8 Å². The van der Waals surface area contributed by atoms with E-state index in [1.807, 2.05) is 6.07 Å². The van der Waals surface area contributed by atoms with E-state index in [0.29, 0.717) is 29.9 Å². The Balaban J connectivity index is 2.10. The summed E-state index contributed by atoms with van der Waals surface area (Å²) in [6.07, 6.45) is 1.41. The number of hydrogen-bond acceptors (Lipinski definition) is 5. The highest BCUT2D eigenvalue weighted by Gasteiger charge is 2.30. The first-order valence-corrected chi connectivity index (χ1v) is 7.50. The molecule has 0 spiro atoms. The maximum atomic E-state index is 11.7. The van der Waals surface area contributed by atoms with E-state index in [4.69, 9.17) is 11.0 Å². The second-order valence-corrected chi connectivity index (χ2v) is 6.79. The van der Waals surface area contributed by atoms with Crippen LogP contribution in [-0.2, 0) is 9.84 Å². The lowest BCUT2D eigenvalue weighted by atomic mass is 10.1. The molecule has 1 aliphatic heterocycles. The molecule has 0 aromatic heterocycles. The zero-order valence-electron chi connectivity index (χ0n) is 9.89. The topological polar surface area (TPSA) is 96.0 Å². The Bertz CT molecular complexity index is 590. The Morgan fingerprint density at radius 2 is 2.28 bits per heavy atom. The molecule has 6 heteroatoms. The highest BCUT2D eigenvalue weighted by Crippen LogP contribution is 2.24. The Morgan fingerprint density at radius 1 is 1.50 bits per heavy atom. The summed E-state index contributed by atoms with van der Waals surface area (Å²) in [6.45, 7) is 0.349. The fourth-order valence-corrected chi connectivity index (χ4v) is 3.89. The molecule has 0 bridgehead atoms. The van der Waals surface area contributed by atoms with Crippen LogP contribution in [0, 0.1) is 11.3 Å². The predicted octanol–water partition coefficient (Wildman–Crippen LogP) is 1.13. The lowest BCUT2D eigenvalue weighted by molar-refractivity contribution is 0.591. The van der Waals surface area contributed by atoms with Gasteiger partial charge in [0.2, 0.25) is 0 Å². The molecule has 1 unspecified atom stereocenters. The van der Waals surface area contributed by atoms with Crippen LogP contribution in [0.15, 0.2) is 18.2 Å². The van der Waals surface area contributed by atoms with Crippen molar-refractivity contribution in [2.24, 2.45) is 0 Å². The molecular formula is C12H15N3O2S. The molecular weight excluding hydrogens is 250 g/mol. The van der Waals surface area contributed by atoms with Crippen LogP contribution in [0.4, 0.5) is 11.4 Å². The number of nitrogens with zero attached hydrogens (tertiary/aromatic N) is 1. The summed E-state index contributed by atoms with van der Waals surface area (Å²) >= 11 is 0. The Kier molecular flexibility index (Phi) is 3.43. The predicted molar refractivity (Wildman–Crippen MR) is 70.9 cm³/mol. The molecule has 1 aliphatic rings. The van der Waals surface area contributed by atoms with Crippen LogP contribution < -0.4 is 11.1 Å². The average Bonchev–Trinajstić information content (AvgIpc) is 2.67. The molecule has 5 nitrogen and oxygen atoms in total. The van der Waals surface area contributed by atoms with Gasteiger partial charge in [0, 0.05) is 6.54 Å². The van der Waals surface area contributed by atoms with Gasteiger partial charge in [0.1, 0.15) is 6.07 Å². The quantitative estimate of drug-likeness (QED) is 0.799. The van der Waals surface area contributed by atoms with Crippen LogP contribution in [0.3, 0.4) is 0 Å². The molecule has 2 rings (SSSR count). The zero-order valence-corrected chi connectivity index (χ0v) is 10.7. The number of hydrogen-bond donors (Lipinski definition) is 2. The number of nitriles is 1. The fourth-order valence-electron chi connectivity index (χ4n) is 2.13. The third-order valence-electron chi connectivity index (χ3n) is 3.21. The summed E-state index contributed by atoms with van der Waals surface area (Å²) in [5.74, 6) is 0.271. The zero-order chi connectivity index (χ0) is 13.2. The number of sulfone groups is 1. The molecule has 0 saturated carbocycles. The van der Waals surface area contributed by atoms with Crippen LogP contribution in [0.5, 0.6) is 0 Å². The van der Waals surface area contributed by atoms with Crippen molar-refractivity contribution < 1.29 is 8.42 Å². The molecule has 1 atom stereocenters. The maximum Gasteiger partial charge on any atom is 0.154 e. The van der Waals surface area contributed by atoms with E-state index >= 15 is 0 Å². The summed E-state index contributed by atoms with van der Waals surface area (Å²) in [5, 5.41) is 11.5. The Morgan fingerprint density at radius 3 is 2.89 bits per heavy atom. The number of nitrogen functional groups attached to an aromatic ring is 1. The van der Waals surface area contributed by atoms with Gasteiger partial charge in [-0.2, -0.15) is 5.26 Å². The largest absolute Gasteiger partial charge is 0.396 e. The smallest absolute Gasteiger partial charge is 0.154 e. The van der Waals surface area contributed by atoms with Gasteiger partial charge in [0.05, 0.1) is 27.9 Å². The number of para-hydroxylation sites is 1. The van der Waals surface area contributed by atoms with Crippen molar-refractivity contribution in [3.63, 3.8) is 0 Å². The van der Waals surface area contributed by atoms with Gasteiger partial charge in [0.15, 0.2) is 9.84 Å². The SMILES string of the molecule is N#Cc1cccc(NCC2CCCS2(=O)=O)c1N. The Hall–Kier alpha value is -1.74. The third-order valence-corrected chi connectivity index (χ3v) is 5.49. The van der Waals surface area contributed by atoms with E-state index < -0.39 is 9.84 Å². The van der Waals surface area contributed by atoms with Crippen LogP contribution in [0.2, 0.25) is 0 Å². The van der Waals surface area contributed by atoms with Crippen molar-refractivity contribution in [1.29, 1.82) is 5.26 Å². The van der Waals surface area contributed by atoms with Crippen LogP contribution in [0.25, 0.3) is 0 Å². The second-order valence-electron chi connectivity index (χ2n) is 4.39. The highest BCUT2D eigenvalue weighted by atomic mass is 32.2. The van der Waals surface area contributed by atoms with Crippen LogP contribution in [0.1, 0.15) is 18.4 Å². The van der Waals surface area contributed by atoms with E-state index in [1.165, 1.54) is 0 Å². The first-order chi connectivity index (χ1) is 8.54. The lowest BCUT2D eigenvalue weighted by Gasteiger charge is -2.14. The van der Waals surface area contributed by atoms with Gasteiger partial charge in [-0.05, 0) is 25.0 Å². The lowest BCUT2D eigenvalue weighted by Crippen LogP contribution is -2.25. The van der Waals surface area contributed by atoms with Gasteiger partial charge in [-0.3, -0.25) is 0 Å². The van der Waals surface area contributed by atoms with E-state index in [1.54, 1.807) is 18.2 Å². The minimum absolute atomic E-state index is 0.271. The molecule has 3 N–H and O–H groups in total. The van der Waals surface area contributed by atoms with Crippen LogP contribution in [-0.4, -0.2) is 26.0 Å². The number of rotatable bonds is 3. The van der Waals surface area contributed by atoms with E-state index in [0.717, 1.165) is 6.42 Å². The fraction of sp³-hybridized carbons (Fsp3) is 0.417. The minimum Gasteiger partial charge on any atom is -0.396 e. The number of nitrogens with two attached hydrogens (primary N) is 1. The standard InChI is InChI=1S/C12H15N3O2S/c13-7-9-3-1-5-11(12(9)14)15-8-10-4-2-6-18(10,16)17/h1,3,5,10,15H,2,4,6,8,14H2. The Labute approximate surface area is 107 Å². The summed E-state index contributed by atoms with van der Waals surface area (Å²) in [7, 11) is -2.95. The van der Waals surface area contributed by atoms with Crippen molar-refractivity contribution in [3.8, 4) is 6.07 Å². The molecule has 18 heavy (non-hydrogen) atoms. The molecule has 1 heterocycles. The maximum absolute atomic E-state index is 11.7. The first-order valence-electron chi connectivity index (χ1n) is 5.78. The summed E-state index contributed by atoms with van der Waals surface area (Å²) < 4.78 is 23.3. The average molecular weight is 265 g/mol. The molecule has 0 aliphatic carbocycles. The molecule has 1 fully saturated rings. The van der Waals surface area contributed by atoms with Crippen LogP contribution >= 0.6 is 0 Å². The molecule has 0 radical (unpaired) electrons. The molecule has 1 aromatic carbocycles. The summed E-state index contributed by atoms with van der Waals surface area (Å²) in [6, 6.07) is 7.10. The second kappa shape index (κ2) is 4.86. The van der Waals surface area contributed by atoms with E-state index in [-0.39, 0.29) is 11.0 Å². The van der Waals surface area contributed by atoms with Gasteiger partial charge >= 0.3 is 0 Å². The van der Waals surface area contributed by atoms with Gasteiger partial charge in [-0.15, -0.1) is 0 Å². The highest BCUT2D eigenvalue weighted by molar-refractivity contribution is 7.92. The molecule has 0 amide bonds. The molecule has 1 saturated heterocycles. The molecule has 96 valence electrons. The number of benzene rings is 1. The molecule has 1 aromatic rings. The van der Waals surface area contributed by atoms with Gasteiger partial charge in [-0.25, -0.2) is 8.42 Å².